The predicted octanol–water partition coefficient (Wildman–Crippen LogP) is 4.60. The highest BCUT2D eigenvalue weighted by atomic mass is 35.5. The summed E-state index contributed by atoms with van der Waals surface area (Å²) in [5.74, 6) is 0.862. The van der Waals surface area contributed by atoms with E-state index < -0.39 is 0 Å². The molecule has 1 atom stereocenters. The van der Waals surface area contributed by atoms with Gasteiger partial charge < -0.3 is 14.0 Å². The molecule has 0 aliphatic carbocycles. The van der Waals surface area contributed by atoms with Gasteiger partial charge in [0.1, 0.15) is 5.75 Å². The Morgan fingerprint density at radius 3 is 2.81 bits per heavy atom. The van der Waals surface area contributed by atoms with Crippen molar-refractivity contribution in [2.24, 2.45) is 0 Å². The average molecular weight is 369 g/mol. The van der Waals surface area contributed by atoms with Gasteiger partial charge in [0.05, 0.1) is 25.6 Å². The summed E-state index contributed by atoms with van der Waals surface area (Å²) in [6, 6.07) is 14.3. The highest BCUT2D eigenvalue weighted by Gasteiger charge is 2.40. The van der Waals surface area contributed by atoms with Gasteiger partial charge in [0.2, 0.25) is 0 Å². The quantitative estimate of drug-likeness (QED) is 0.637. The van der Waals surface area contributed by atoms with Crippen LogP contribution in [0.1, 0.15) is 23.1 Å². The summed E-state index contributed by atoms with van der Waals surface area (Å²) in [7, 11) is 1.68. The molecule has 4 nitrogen and oxygen atoms in total. The van der Waals surface area contributed by atoms with Gasteiger partial charge in [-0.2, -0.15) is 0 Å². The molecule has 0 saturated heterocycles. The Hall–Kier alpha value is -2.30. The van der Waals surface area contributed by atoms with E-state index in [2.05, 4.69) is 27.8 Å². The van der Waals surface area contributed by atoms with Crippen LogP contribution < -0.4 is 4.74 Å². The van der Waals surface area contributed by atoms with Crippen LogP contribution >= 0.6 is 11.6 Å². The number of ether oxygens (including phenoxy) is 2. The van der Waals surface area contributed by atoms with Crippen molar-refractivity contribution < 1.29 is 9.47 Å². The maximum atomic E-state index is 6.40. The Morgan fingerprint density at radius 1 is 1.23 bits per heavy atom. The lowest BCUT2D eigenvalue weighted by Gasteiger charge is -2.30. The number of imidazole rings is 1. The van der Waals surface area contributed by atoms with E-state index in [1.807, 2.05) is 36.8 Å². The van der Waals surface area contributed by atoms with Crippen LogP contribution in [0.3, 0.4) is 0 Å². The second-order valence-electron chi connectivity index (χ2n) is 6.66. The number of hydrogen-bond donors (Lipinski definition) is 0. The van der Waals surface area contributed by atoms with E-state index in [4.69, 9.17) is 21.1 Å². The molecule has 0 saturated carbocycles. The molecule has 0 spiro atoms. The molecule has 4 rings (SSSR count). The van der Waals surface area contributed by atoms with Gasteiger partial charge >= 0.3 is 0 Å². The van der Waals surface area contributed by atoms with Crippen LogP contribution in [-0.2, 0) is 29.9 Å². The van der Waals surface area contributed by atoms with Crippen molar-refractivity contribution in [2.45, 2.75) is 31.6 Å². The maximum Gasteiger partial charge on any atom is 0.118 e. The molecule has 134 valence electrons. The van der Waals surface area contributed by atoms with E-state index in [-0.39, 0.29) is 5.60 Å². The number of methoxy groups -OCH3 is 1. The lowest BCUT2D eigenvalue weighted by Crippen LogP contribution is -2.30. The van der Waals surface area contributed by atoms with Gasteiger partial charge in [0.15, 0.2) is 0 Å². The third-order valence-electron chi connectivity index (χ3n) is 5.04. The van der Waals surface area contributed by atoms with Crippen LogP contribution in [0.2, 0.25) is 5.02 Å². The summed E-state index contributed by atoms with van der Waals surface area (Å²) in [5.41, 5.74) is 3.27. The normalized spacial score (nSPS) is 18.7. The minimum Gasteiger partial charge on any atom is -0.497 e. The molecular weight excluding hydrogens is 348 g/mol. The van der Waals surface area contributed by atoms with Crippen LogP contribution in [0.25, 0.3) is 0 Å². The lowest BCUT2D eigenvalue weighted by molar-refractivity contribution is -0.0471. The van der Waals surface area contributed by atoms with Gasteiger partial charge in [0, 0.05) is 30.4 Å². The molecule has 2 aromatic carbocycles. The van der Waals surface area contributed by atoms with Crippen molar-refractivity contribution in [2.75, 3.05) is 7.11 Å². The highest BCUT2D eigenvalue weighted by molar-refractivity contribution is 6.30. The van der Waals surface area contributed by atoms with Crippen molar-refractivity contribution in [3.63, 3.8) is 0 Å². The van der Waals surface area contributed by atoms with Gasteiger partial charge in [-0.25, -0.2) is 4.98 Å². The van der Waals surface area contributed by atoms with Crippen LogP contribution in [-0.4, -0.2) is 16.7 Å². The minimum atomic E-state index is -0.362. The number of halogens is 1. The fourth-order valence-electron chi connectivity index (χ4n) is 3.66. The first-order valence-corrected chi connectivity index (χ1v) is 9.08. The van der Waals surface area contributed by atoms with Gasteiger partial charge in [-0.3, -0.25) is 0 Å². The predicted molar refractivity (Wildman–Crippen MR) is 101 cm³/mol. The monoisotopic (exact) mass is 368 g/mol. The lowest BCUT2D eigenvalue weighted by atomic mass is 9.83. The van der Waals surface area contributed by atoms with Crippen molar-refractivity contribution in [3.8, 4) is 5.75 Å². The molecule has 1 aliphatic heterocycles. The van der Waals surface area contributed by atoms with Crippen LogP contribution in [0.4, 0.5) is 0 Å². The number of rotatable bonds is 6. The van der Waals surface area contributed by atoms with Gasteiger partial charge in [-0.1, -0.05) is 29.8 Å². The van der Waals surface area contributed by atoms with Gasteiger partial charge in [-0.05, 0) is 47.4 Å². The molecule has 26 heavy (non-hydrogen) atoms. The summed E-state index contributed by atoms with van der Waals surface area (Å²) in [4.78, 5) is 4.14. The topological polar surface area (TPSA) is 36.3 Å². The molecule has 0 N–H and O–H groups in total. The maximum absolute atomic E-state index is 6.40. The molecule has 0 bridgehead atoms. The summed E-state index contributed by atoms with van der Waals surface area (Å²) < 4.78 is 13.8. The number of benzene rings is 2. The van der Waals surface area contributed by atoms with Crippen molar-refractivity contribution in [1.82, 2.24) is 9.55 Å². The Kier molecular flexibility index (Phi) is 4.70. The minimum absolute atomic E-state index is 0.362. The highest BCUT2D eigenvalue weighted by Crippen LogP contribution is 2.43. The zero-order chi connectivity index (χ0) is 18.0. The SMILES string of the molecule is COc1ccc(CC2(CCn3ccnc3)OCc3cc(Cl)ccc32)cc1. The summed E-state index contributed by atoms with van der Waals surface area (Å²) in [5, 5.41) is 0.752. The fourth-order valence-corrected chi connectivity index (χ4v) is 3.86. The Labute approximate surface area is 158 Å². The number of nitrogens with zero attached hydrogens (tertiary/aromatic N) is 2. The number of aryl methyl sites for hydroxylation is 1. The van der Waals surface area contributed by atoms with Crippen molar-refractivity contribution >= 4 is 11.6 Å². The van der Waals surface area contributed by atoms with Crippen molar-refractivity contribution in [1.29, 1.82) is 0 Å². The smallest absolute Gasteiger partial charge is 0.118 e. The van der Waals surface area contributed by atoms with Crippen LogP contribution in [0.15, 0.2) is 61.2 Å². The van der Waals surface area contributed by atoms with E-state index in [0.29, 0.717) is 6.61 Å². The fraction of sp³-hybridized carbons (Fsp3) is 0.286. The standard InChI is InChI=1S/C21H21ClN2O2/c1-25-19-5-2-16(3-6-19)13-21(8-10-24-11-9-23-15-24)20-7-4-18(22)12-17(20)14-26-21/h2-7,9,11-12,15H,8,10,13-14H2,1H3. The molecule has 0 amide bonds. The second kappa shape index (κ2) is 7.14. The van der Waals surface area contributed by atoms with Crippen LogP contribution in [0.5, 0.6) is 5.75 Å². The van der Waals surface area contributed by atoms with E-state index >= 15 is 0 Å². The average Bonchev–Trinajstić information content (AvgIpc) is 3.29. The van der Waals surface area contributed by atoms with E-state index in [1.54, 1.807) is 13.3 Å². The summed E-state index contributed by atoms with van der Waals surface area (Å²) in [6.45, 7) is 1.44. The molecule has 1 aromatic heterocycles. The molecule has 2 heterocycles. The van der Waals surface area contributed by atoms with Crippen molar-refractivity contribution in [3.05, 3.63) is 82.9 Å². The largest absolute Gasteiger partial charge is 0.497 e. The molecule has 0 fully saturated rings. The van der Waals surface area contributed by atoms with E-state index in [9.17, 15) is 0 Å². The first-order valence-electron chi connectivity index (χ1n) is 8.70. The van der Waals surface area contributed by atoms with E-state index in [1.165, 1.54) is 16.7 Å². The Morgan fingerprint density at radius 2 is 2.08 bits per heavy atom. The number of fused-ring (bicyclic) bond motifs is 1. The Bertz CT molecular complexity index is 878. The third kappa shape index (κ3) is 3.35. The molecule has 0 radical (unpaired) electrons. The first-order chi connectivity index (χ1) is 12.7. The molecule has 3 aromatic rings. The zero-order valence-corrected chi connectivity index (χ0v) is 15.4. The summed E-state index contributed by atoms with van der Waals surface area (Å²) >= 11 is 6.19. The molecule has 1 aliphatic rings. The summed E-state index contributed by atoms with van der Waals surface area (Å²) in [6.07, 6.45) is 7.31. The molecule has 1 unspecified atom stereocenters. The Balaban J connectivity index is 1.65. The number of aromatic nitrogens is 2. The zero-order valence-electron chi connectivity index (χ0n) is 14.7. The van der Waals surface area contributed by atoms with Gasteiger partial charge in [-0.15, -0.1) is 0 Å². The first kappa shape index (κ1) is 17.1. The van der Waals surface area contributed by atoms with Gasteiger partial charge in [0.25, 0.3) is 0 Å². The second-order valence-corrected chi connectivity index (χ2v) is 7.10. The van der Waals surface area contributed by atoms with Crippen LogP contribution in [0, 0.1) is 0 Å². The molecular formula is C21H21ClN2O2. The number of hydrogen-bond acceptors (Lipinski definition) is 3. The van der Waals surface area contributed by atoms with E-state index in [0.717, 1.165) is 30.2 Å². The molecule has 5 heteroatoms. The third-order valence-corrected chi connectivity index (χ3v) is 5.28.